The molecule has 1 heterocycles. The van der Waals surface area contributed by atoms with E-state index in [2.05, 4.69) is 10.6 Å². The van der Waals surface area contributed by atoms with Gasteiger partial charge in [0.1, 0.15) is 0 Å². The third kappa shape index (κ3) is 5.44. The maximum atomic E-state index is 13.3. The Bertz CT molecular complexity index is 846. The van der Waals surface area contributed by atoms with Crippen LogP contribution in [0.1, 0.15) is 61.7 Å². The number of carbonyl (C=O) groups excluding carboxylic acids is 1. The van der Waals surface area contributed by atoms with E-state index in [1.54, 1.807) is 0 Å². The summed E-state index contributed by atoms with van der Waals surface area (Å²) < 4.78 is 34.4. The van der Waals surface area contributed by atoms with Crippen molar-refractivity contribution in [2.24, 2.45) is 11.1 Å². The van der Waals surface area contributed by atoms with Crippen molar-refractivity contribution in [2.45, 2.75) is 68.3 Å². The maximum Gasteiger partial charge on any atom is 0.255 e. The third-order valence-electron chi connectivity index (χ3n) is 6.24. The van der Waals surface area contributed by atoms with Gasteiger partial charge in [-0.1, -0.05) is 32.1 Å². The Hall–Kier alpha value is -1.84. The van der Waals surface area contributed by atoms with Crippen LogP contribution < -0.4 is 25.2 Å². The van der Waals surface area contributed by atoms with Crippen LogP contribution in [-0.2, 0) is 10.0 Å². The molecule has 30 heavy (non-hydrogen) atoms. The Kier molecular flexibility index (Phi) is 7.60. The Labute approximate surface area is 178 Å². The monoisotopic (exact) mass is 439 g/mol. The van der Waals surface area contributed by atoms with Crippen molar-refractivity contribution in [1.29, 1.82) is 0 Å². The zero-order chi connectivity index (χ0) is 21.7. The van der Waals surface area contributed by atoms with Gasteiger partial charge in [-0.2, -0.15) is 0 Å². The molecule has 2 unspecified atom stereocenters. The summed E-state index contributed by atoms with van der Waals surface area (Å²) in [6, 6.07) is 2.71. The van der Waals surface area contributed by atoms with Crippen LogP contribution in [0.4, 0.5) is 0 Å². The van der Waals surface area contributed by atoms with Gasteiger partial charge in [-0.05, 0) is 37.8 Å². The van der Waals surface area contributed by atoms with Gasteiger partial charge in [-0.25, -0.2) is 13.6 Å². The fourth-order valence-electron chi connectivity index (χ4n) is 4.68. The second-order valence-corrected chi connectivity index (χ2v) is 9.84. The number of hydrogen-bond acceptors (Lipinski definition) is 6. The van der Waals surface area contributed by atoms with Crippen LogP contribution in [-0.4, -0.2) is 47.2 Å². The first-order chi connectivity index (χ1) is 14.3. The fraction of sp³-hybridized carbons (Fsp3) is 0.667. The highest BCUT2D eigenvalue weighted by atomic mass is 32.2. The van der Waals surface area contributed by atoms with E-state index in [4.69, 9.17) is 14.6 Å². The average Bonchev–Trinajstić information content (AvgIpc) is 3.27. The number of carbonyl (C=O) groups is 1. The van der Waals surface area contributed by atoms with Gasteiger partial charge in [-0.3, -0.25) is 4.79 Å². The Morgan fingerprint density at radius 1 is 1.17 bits per heavy atom. The molecule has 8 nitrogen and oxygen atoms in total. The molecular formula is C21H33N3O5S. The second kappa shape index (κ2) is 9.98. The first kappa shape index (κ1) is 22.8. The number of ether oxygens (including phenoxy) is 2. The number of methoxy groups -OCH3 is 2. The molecule has 2 aliphatic rings. The number of hydrogen-bond donors (Lipinski definition) is 3. The first-order valence-electron chi connectivity index (χ1n) is 10.7. The van der Waals surface area contributed by atoms with Crippen molar-refractivity contribution in [1.82, 2.24) is 10.6 Å². The quantitative estimate of drug-likeness (QED) is 0.571. The molecule has 0 bridgehead atoms. The van der Waals surface area contributed by atoms with Crippen molar-refractivity contribution in [3.8, 4) is 11.5 Å². The largest absolute Gasteiger partial charge is 0.493 e. The summed E-state index contributed by atoms with van der Waals surface area (Å²) >= 11 is 0. The Morgan fingerprint density at radius 2 is 1.90 bits per heavy atom. The van der Waals surface area contributed by atoms with Crippen molar-refractivity contribution >= 4 is 15.9 Å². The van der Waals surface area contributed by atoms with E-state index in [0.29, 0.717) is 5.92 Å². The van der Waals surface area contributed by atoms with Gasteiger partial charge in [0.2, 0.25) is 10.0 Å². The molecular weight excluding hydrogens is 406 g/mol. The molecule has 0 radical (unpaired) electrons. The average molecular weight is 440 g/mol. The molecule has 1 saturated carbocycles. The molecule has 0 spiro atoms. The number of benzene rings is 1. The Morgan fingerprint density at radius 3 is 2.47 bits per heavy atom. The molecule has 1 saturated heterocycles. The lowest BCUT2D eigenvalue weighted by molar-refractivity contribution is 0.0914. The van der Waals surface area contributed by atoms with Gasteiger partial charge in [-0.15, -0.1) is 0 Å². The van der Waals surface area contributed by atoms with E-state index in [1.807, 2.05) is 0 Å². The lowest BCUT2D eigenvalue weighted by atomic mass is 9.83. The van der Waals surface area contributed by atoms with E-state index >= 15 is 0 Å². The number of nitrogens with two attached hydrogens (primary N) is 1. The van der Waals surface area contributed by atoms with Crippen molar-refractivity contribution < 1.29 is 22.7 Å². The first-order valence-corrected chi connectivity index (χ1v) is 12.2. The van der Waals surface area contributed by atoms with Crippen molar-refractivity contribution in [3.05, 3.63) is 17.7 Å². The van der Waals surface area contributed by atoms with E-state index in [-0.39, 0.29) is 39.9 Å². The summed E-state index contributed by atoms with van der Waals surface area (Å²) in [4.78, 5) is 13.1. The zero-order valence-corrected chi connectivity index (χ0v) is 18.6. The lowest BCUT2D eigenvalue weighted by Gasteiger charge is -2.31. The van der Waals surface area contributed by atoms with E-state index in [0.717, 1.165) is 25.8 Å². The van der Waals surface area contributed by atoms with Gasteiger partial charge < -0.3 is 20.1 Å². The van der Waals surface area contributed by atoms with Crippen LogP contribution in [0.5, 0.6) is 11.5 Å². The lowest BCUT2D eigenvalue weighted by Crippen LogP contribution is -2.48. The predicted octanol–water partition coefficient (Wildman–Crippen LogP) is 2.17. The highest BCUT2D eigenvalue weighted by Gasteiger charge is 2.31. The van der Waals surface area contributed by atoms with Gasteiger partial charge >= 0.3 is 0 Å². The standard InChI is InChI=1S/C21H33N3O5S/c1-28-19-13-15(30(22,26)27)12-16(20(19)29-2)21(25)24-18(17-9-6-10-23-17)11-14-7-4-3-5-8-14/h12-14,17-18,23H,3-11H2,1-2H3,(H,24,25)(H2,22,26,27). The molecule has 1 aliphatic carbocycles. The van der Waals surface area contributed by atoms with Crippen LogP contribution in [0.2, 0.25) is 0 Å². The normalized spacial score (nSPS) is 21.2. The predicted molar refractivity (Wildman–Crippen MR) is 114 cm³/mol. The zero-order valence-electron chi connectivity index (χ0n) is 17.8. The minimum Gasteiger partial charge on any atom is -0.493 e. The summed E-state index contributed by atoms with van der Waals surface area (Å²) in [7, 11) is -1.20. The second-order valence-electron chi connectivity index (χ2n) is 8.27. The highest BCUT2D eigenvalue weighted by molar-refractivity contribution is 7.89. The molecule has 2 fully saturated rings. The van der Waals surface area contributed by atoms with Crippen LogP contribution in [0.25, 0.3) is 0 Å². The molecule has 1 aliphatic heterocycles. The minimum absolute atomic E-state index is 0.0306. The van der Waals surface area contributed by atoms with Gasteiger partial charge in [0, 0.05) is 18.2 Å². The number of amides is 1. The third-order valence-corrected chi connectivity index (χ3v) is 7.13. The minimum atomic E-state index is -4.01. The van der Waals surface area contributed by atoms with Crippen molar-refractivity contribution in [2.75, 3.05) is 20.8 Å². The fourth-order valence-corrected chi connectivity index (χ4v) is 5.23. The Balaban J connectivity index is 1.88. The molecule has 4 N–H and O–H groups in total. The smallest absolute Gasteiger partial charge is 0.255 e. The summed E-state index contributed by atoms with van der Waals surface area (Å²) in [6.45, 7) is 0.944. The molecule has 1 aromatic rings. The molecule has 0 aromatic heterocycles. The topological polar surface area (TPSA) is 120 Å². The van der Waals surface area contributed by atoms with Crippen LogP contribution >= 0.6 is 0 Å². The van der Waals surface area contributed by atoms with Crippen LogP contribution in [0.3, 0.4) is 0 Å². The summed E-state index contributed by atoms with van der Waals surface area (Å²) in [5.74, 6) is 0.555. The maximum absolute atomic E-state index is 13.3. The van der Waals surface area contributed by atoms with Gasteiger partial charge in [0.15, 0.2) is 11.5 Å². The molecule has 1 amide bonds. The molecule has 2 atom stereocenters. The number of sulfonamides is 1. The molecule has 3 rings (SSSR count). The van der Waals surface area contributed by atoms with E-state index in [9.17, 15) is 13.2 Å². The van der Waals surface area contributed by atoms with Crippen molar-refractivity contribution in [3.63, 3.8) is 0 Å². The molecule has 9 heteroatoms. The number of primary sulfonamides is 1. The van der Waals surface area contributed by atoms with E-state index in [1.165, 1.54) is 58.5 Å². The number of nitrogens with one attached hydrogen (secondary N) is 2. The summed E-state index contributed by atoms with van der Waals surface area (Å²) in [6.07, 6.45) is 9.16. The summed E-state index contributed by atoms with van der Waals surface area (Å²) in [5.41, 5.74) is 0.104. The summed E-state index contributed by atoms with van der Waals surface area (Å²) in [5, 5.41) is 12.0. The highest BCUT2D eigenvalue weighted by Crippen LogP contribution is 2.35. The molecule has 1 aromatic carbocycles. The molecule has 168 valence electrons. The van der Waals surface area contributed by atoms with Crippen LogP contribution in [0, 0.1) is 5.92 Å². The van der Waals surface area contributed by atoms with Gasteiger partial charge in [0.05, 0.1) is 24.7 Å². The van der Waals surface area contributed by atoms with Gasteiger partial charge in [0.25, 0.3) is 5.91 Å². The number of rotatable bonds is 8. The van der Waals surface area contributed by atoms with Crippen LogP contribution in [0.15, 0.2) is 17.0 Å². The SMILES string of the molecule is COc1cc(S(N)(=O)=O)cc(C(=O)NC(CC2CCCCC2)C2CCCN2)c1OC. The van der Waals surface area contributed by atoms with E-state index < -0.39 is 10.0 Å².